The lowest BCUT2D eigenvalue weighted by atomic mass is 10.1. The number of hydrogen-bond donors (Lipinski definition) is 1. The Morgan fingerprint density at radius 1 is 1.06 bits per heavy atom. The van der Waals surface area contributed by atoms with E-state index in [0.29, 0.717) is 21.7 Å². The van der Waals surface area contributed by atoms with E-state index in [0.717, 1.165) is 28.0 Å². The monoisotopic (exact) mass is 531 g/mol. The highest BCUT2D eigenvalue weighted by Gasteiger charge is 2.22. The van der Waals surface area contributed by atoms with E-state index in [1.165, 1.54) is 18.3 Å². The Hall–Kier alpha value is -2.91. The van der Waals surface area contributed by atoms with Crippen molar-refractivity contribution in [3.8, 4) is 0 Å². The molecule has 0 spiro atoms. The minimum absolute atomic E-state index is 0.0118. The minimum atomic E-state index is -4.03. The van der Waals surface area contributed by atoms with E-state index >= 15 is 0 Å². The second-order valence-electron chi connectivity index (χ2n) is 7.39. The molecule has 0 atom stereocenters. The number of hydrogen-bond acceptors (Lipinski definition) is 5. The fourth-order valence-corrected chi connectivity index (χ4v) is 5.87. The summed E-state index contributed by atoms with van der Waals surface area (Å²) in [5, 5.41) is 0.575. The first-order chi connectivity index (χ1) is 16.2. The van der Waals surface area contributed by atoms with Gasteiger partial charge in [-0.15, -0.1) is 11.3 Å². The number of sulfonamides is 1. The topological polar surface area (TPSA) is 81.1 Å². The van der Waals surface area contributed by atoms with Gasteiger partial charge in [0.05, 0.1) is 10.9 Å². The molecule has 0 saturated carbocycles. The minimum Gasteiger partial charge on any atom is -0.330 e. The number of rotatable bonds is 7. The van der Waals surface area contributed by atoms with Crippen LogP contribution >= 0.6 is 34.5 Å². The Labute approximate surface area is 211 Å². The van der Waals surface area contributed by atoms with E-state index in [1.54, 1.807) is 11.5 Å². The molecule has 0 radical (unpaired) electrons. The van der Waals surface area contributed by atoms with Crippen LogP contribution in [0.4, 0.5) is 0 Å². The molecule has 4 rings (SSSR count). The molecule has 0 aliphatic rings. The zero-order chi connectivity index (χ0) is 24.3. The van der Waals surface area contributed by atoms with Crippen LogP contribution < -0.4 is 4.72 Å². The summed E-state index contributed by atoms with van der Waals surface area (Å²) in [7, 11) is -4.03. The highest BCUT2D eigenvalue weighted by molar-refractivity contribution is 7.92. The summed E-state index contributed by atoms with van der Waals surface area (Å²) < 4.78 is 28.8. The fraction of sp³-hybridized carbons (Fsp3) is 0.0833. The van der Waals surface area contributed by atoms with Crippen molar-refractivity contribution in [2.75, 3.05) is 0 Å². The molecule has 2 aromatic carbocycles. The number of benzene rings is 2. The number of imidazole rings is 1. The second kappa shape index (κ2) is 10.1. The molecule has 174 valence electrons. The molecular formula is C24H19Cl2N3O3S2. The summed E-state index contributed by atoms with van der Waals surface area (Å²) in [6, 6.07) is 18.5. The molecule has 1 N–H and O–H groups in total. The summed E-state index contributed by atoms with van der Waals surface area (Å²) in [6.07, 6.45) is 5.49. The molecule has 0 aliphatic carbocycles. The molecule has 0 bridgehead atoms. The number of carbonyl (C=O) groups is 1. The first-order valence-corrected chi connectivity index (χ1v) is 13.1. The van der Waals surface area contributed by atoms with Gasteiger partial charge in [0.25, 0.3) is 15.9 Å². The predicted molar refractivity (Wildman–Crippen MR) is 137 cm³/mol. The van der Waals surface area contributed by atoms with Gasteiger partial charge < -0.3 is 4.57 Å². The summed E-state index contributed by atoms with van der Waals surface area (Å²) in [5.74, 6) is -0.273. The van der Waals surface area contributed by atoms with Crippen LogP contribution in [0.3, 0.4) is 0 Å². The summed E-state index contributed by atoms with van der Waals surface area (Å²) >= 11 is 13.2. The molecule has 1 amide bonds. The average molecular weight is 532 g/mol. The molecule has 10 heteroatoms. The predicted octanol–water partition coefficient (Wildman–Crippen LogP) is 5.90. The van der Waals surface area contributed by atoms with E-state index in [2.05, 4.69) is 4.98 Å². The van der Waals surface area contributed by atoms with Crippen molar-refractivity contribution in [3.05, 3.63) is 104 Å². The number of aromatic nitrogens is 2. The average Bonchev–Trinajstić information content (AvgIpc) is 3.41. The van der Waals surface area contributed by atoms with Crippen LogP contribution in [0.2, 0.25) is 9.36 Å². The van der Waals surface area contributed by atoms with E-state index in [1.807, 2.05) is 65.4 Å². The number of nitrogens with one attached hydrogen (secondary N) is 1. The molecule has 0 aliphatic heterocycles. The van der Waals surface area contributed by atoms with Gasteiger partial charge >= 0.3 is 0 Å². The first kappa shape index (κ1) is 24.2. The lowest BCUT2D eigenvalue weighted by molar-refractivity contribution is 0.0977. The van der Waals surface area contributed by atoms with Crippen molar-refractivity contribution in [1.82, 2.24) is 14.3 Å². The zero-order valence-electron chi connectivity index (χ0n) is 17.9. The third-order valence-electron chi connectivity index (χ3n) is 4.93. The largest absolute Gasteiger partial charge is 0.330 e. The van der Waals surface area contributed by atoms with Crippen LogP contribution in [-0.2, 0) is 16.6 Å². The molecule has 6 nitrogen and oxygen atoms in total. The quantitative estimate of drug-likeness (QED) is 0.301. The van der Waals surface area contributed by atoms with Crippen molar-refractivity contribution < 1.29 is 13.2 Å². The van der Waals surface area contributed by atoms with Gasteiger partial charge in [-0.25, -0.2) is 18.1 Å². The number of aryl methyl sites for hydroxylation is 1. The van der Waals surface area contributed by atoms with E-state index < -0.39 is 15.9 Å². The highest BCUT2D eigenvalue weighted by atomic mass is 35.5. The van der Waals surface area contributed by atoms with Crippen molar-refractivity contribution >= 4 is 62.6 Å². The van der Waals surface area contributed by atoms with Crippen LogP contribution in [0.1, 0.15) is 33.0 Å². The molecular weight excluding hydrogens is 513 g/mol. The maximum Gasteiger partial charge on any atom is 0.285 e. The van der Waals surface area contributed by atoms with Crippen LogP contribution in [0, 0.1) is 6.92 Å². The number of amides is 1. The van der Waals surface area contributed by atoms with Crippen LogP contribution in [-0.4, -0.2) is 23.9 Å². The van der Waals surface area contributed by atoms with Gasteiger partial charge in [-0.2, -0.15) is 0 Å². The molecule has 0 fully saturated rings. The number of halogens is 2. The Kier molecular flexibility index (Phi) is 7.23. The summed E-state index contributed by atoms with van der Waals surface area (Å²) in [5.41, 5.74) is 2.87. The van der Waals surface area contributed by atoms with Crippen LogP contribution in [0.15, 0.2) is 71.1 Å². The third-order valence-corrected chi connectivity index (χ3v) is 8.34. The van der Waals surface area contributed by atoms with Gasteiger partial charge in [-0.1, -0.05) is 77.8 Å². The zero-order valence-corrected chi connectivity index (χ0v) is 21.0. The van der Waals surface area contributed by atoms with Gasteiger partial charge in [0.1, 0.15) is 15.7 Å². The Morgan fingerprint density at radius 2 is 1.79 bits per heavy atom. The normalized spacial score (nSPS) is 11.7. The van der Waals surface area contributed by atoms with Gasteiger partial charge in [-0.05, 0) is 41.8 Å². The van der Waals surface area contributed by atoms with Gasteiger partial charge in [0, 0.05) is 11.2 Å². The van der Waals surface area contributed by atoms with E-state index in [4.69, 9.17) is 23.2 Å². The van der Waals surface area contributed by atoms with Crippen molar-refractivity contribution in [1.29, 1.82) is 0 Å². The Balaban J connectivity index is 1.47. The number of carbonyl (C=O) groups excluding carboxylic acids is 1. The van der Waals surface area contributed by atoms with Gasteiger partial charge in [-0.3, -0.25) is 4.79 Å². The van der Waals surface area contributed by atoms with Gasteiger partial charge in [0.2, 0.25) is 0 Å². The second-order valence-corrected chi connectivity index (χ2v) is 11.4. The maximum atomic E-state index is 12.5. The number of nitrogens with zero attached hydrogens (tertiary/aromatic N) is 2. The van der Waals surface area contributed by atoms with Crippen molar-refractivity contribution in [2.45, 2.75) is 17.7 Å². The fourth-order valence-electron chi connectivity index (χ4n) is 3.18. The third kappa shape index (κ3) is 5.77. The lowest BCUT2D eigenvalue weighted by Gasteiger charge is -2.08. The first-order valence-electron chi connectivity index (χ1n) is 10.1. The molecule has 2 aromatic heterocycles. The molecule has 4 aromatic rings. The molecule has 0 unspecified atom stereocenters. The Bertz CT molecular complexity index is 1480. The lowest BCUT2D eigenvalue weighted by Crippen LogP contribution is -2.30. The standard InChI is InChI=1S/C24H19Cl2N3O3S2/c1-16-27-21(24(30)28-34(31,32)23-12-11-22(26)33-23)15-29(16)14-19-10-9-18(13-20(19)25)8-7-17-5-3-2-4-6-17/h2-13,15H,14H2,1H3,(H,28,30). The summed E-state index contributed by atoms with van der Waals surface area (Å²) in [6.45, 7) is 2.11. The smallest absolute Gasteiger partial charge is 0.285 e. The molecule has 34 heavy (non-hydrogen) atoms. The Morgan fingerprint density at radius 3 is 2.47 bits per heavy atom. The van der Waals surface area contributed by atoms with Crippen LogP contribution in [0.25, 0.3) is 12.2 Å². The van der Waals surface area contributed by atoms with E-state index in [-0.39, 0.29) is 9.90 Å². The van der Waals surface area contributed by atoms with Crippen molar-refractivity contribution in [3.63, 3.8) is 0 Å². The SMILES string of the molecule is Cc1nc(C(=O)NS(=O)(=O)c2ccc(Cl)s2)cn1Cc1ccc(C=Cc2ccccc2)cc1Cl. The summed E-state index contributed by atoms with van der Waals surface area (Å²) in [4.78, 5) is 16.7. The van der Waals surface area contributed by atoms with Crippen LogP contribution in [0.5, 0.6) is 0 Å². The molecule has 0 saturated heterocycles. The van der Waals surface area contributed by atoms with Crippen molar-refractivity contribution in [2.24, 2.45) is 0 Å². The van der Waals surface area contributed by atoms with Gasteiger partial charge in [0.15, 0.2) is 0 Å². The molecule has 2 heterocycles. The number of thiophene rings is 1. The van der Waals surface area contributed by atoms with E-state index in [9.17, 15) is 13.2 Å². The maximum absolute atomic E-state index is 12.5. The highest BCUT2D eigenvalue weighted by Crippen LogP contribution is 2.25.